The molecule has 1 aromatic carbocycles. The van der Waals surface area contributed by atoms with E-state index in [0.29, 0.717) is 12.2 Å². The zero-order chi connectivity index (χ0) is 15.4. The van der Waals surface area contributed by atoms with Gasteiger partial charge in [-0.15, -0.1) is 0 Å². The molecule has 0 saturated heterocycles. The van der Waals surface area contributed by atoms with E-state index in [1.165, 1.54) is 0 Å². The number of nitrogens with one attached hydrogen (secondary N) is 1. The first-order chi connectivity index (χ1) is 10.0. The summed E-state index contributed by atoms with van der Waals surface area (Å²) in [5, 5.41) is 11.5. The van der Waals surface area contributed by atoms with Crippen LogP contribution in [-0.4, -0.2) is 21.6 Å². The van der Waals surface area contributed by atoms with E-state index in [-0.39, 0.29) is 11.3 Å². The van der Waals surface area contributed by atoms with Crippen molar-refractivity contribution in [1.29, 1.82) is 0 Å². The zero-order valence-electron chi connectivity index (χ0n) is 11.5. The highest BCUT2D eigenvalue weighted by Gasteiger charge is 2.16. The van der Waals surface area contributed by atoms with Crippen molar-refractivity contribution in [2.24, 2.45) is 0 Å². The van der Waals surface area contributed by atoms with Gasteiger partial charge < -0.3 is 15.0 Å². The lowest BCUT2D eigenvalue weighted by atomic mass is 10.1. The van der Waals surface area contributed by atoms with Gasteiger partial charge in [0.2, 0.25) is 0 Å². The quantitative estimate of drug-likeness (QED) is 0.889. The van der Waals surface area contributed by atoms with Gasteiger partial charge in [0.25, 0.3) is 5.91 Å². The van der Waals surface area contributed by atoms with Gasteiger partial charge in [0, 0.05) is 12.7 Å². The van der Waals surface area contributed by atoms with Crippen LogP contribution in [0.3, 0.4) is 0 Å². The average molecular weight is 290 g/mol. The molecule has 2 N–H and O–H groups in total. The fourth-order valence-corrected chi connectivity index (χ4v) is 2.05. The van der Waals surface area contributed by atoms with Gasteiger partial charge in [0.05, 0.1) is 11.3 Å². The molecule has 0 atom stereocenters. The zero-order valence-corrected chi connectivity index (χ0v) is 11.5. The molecule has 2 rings (SSSR count). The molecule has 0 fully saturated rings. The minimum atomic E-state index is -1.23. The topological polar surface area (TPSA) is 71.3 Å². The average Bonchev–Trinajstić information content (AvgIpc) is 2.87. The minimum absolute atomic E-state index is 0.0586. The van der Waals surface area contributed by atoms with Crippen molar-refractivity contribution in [3.8, 4) is 0 Å². The van der Waals surface area contributed by atoms with E-state index in [2.05, 4.69) is 5.32 Å². The van der Waals surface area contributed by atoms with Gasteiger partial charge in [-0.3, -0.25) is 4.79 Å². The van der Waals surface area contributed by atoms with E-state index in [4.69, 9.17) is 5.11 Å². The number of rotatable bonds is 5. The molecule has 5 nitrogen and oxygen atoms in total. The number of carbonyl (C=O) groups is 2. The Bertz CT molecular complexity index is 679. The Kier molecular flexibility index (Phi) is 4.37. The van der Waals surface area contributed by atoms with E-state index >= 15 is 0 Å². The SMILES string of the molecule is CCCn1cccc1C(=O)Nc1cc(F)ccc1C(=O)O. The number of carboxylic acids is 1. The number of aromatic nitrogens is 1. The molecule has 6 heteroatoms. The Balaban J connectivity index is 2.29. The molecule has 0 bridgehead atoms. The summed E-state index contributed by atoms with van der Waals surface area (Å²) in [4.78, 5) is 23.3. The normalized spacial score (nSPS) is 10.4. The summed E-state index contributed by atoms with van der Waals surface area (Å²) in [6.07, 6.45) is 2.62. The number of anilines is 1. The number of carboxylic acid groups (broad SMARTS) is 1. The van der Waals surface area contributed by atoms with E-state index in [1.807, 2.05) is 6.92 Å². The second-order valence-corrected chi connectivity index (χ2v) is 4.54. The van der Waals surface area contributed by atoms with Crippen LogP contribution in [0.5, 0.6) is 0 Å². The molecule has 2 aromatic rings. The Hall–Kier alpha value is -2.63. The molecule has 1 aromatic heterocycles. The number of aromatic carboxylic acids is 1. The Morgan fingerprint density at radius 1 is 1.33 bits per heavy atom. The molecule has 0 unspecified atom stereocenters. The van der Waals surface area contributed by atoms with Crippen LogP contribution >= 0.6 is 0 Å². The number of nitrogens with zero attached hydrogens (tertiary/aromatic N) is 1. The third-order valence-electron chi connectivity index (χ3n) is 2.99. The highest BCUT2D eigenvalue weighted by Crippen LogP contribution is 2.18. The van der Waals surface area contributed by atoms with Crippen LogP contribution in [0, 0.1) is 5.82 Å². The lowest BCUT2D eigenvalue weighted by Crippen LogP contribution is -2.18. The monoisotopic (exact) mass is 290 g/mol. The number of amides is 1. The van der Waals surface area contributed by atoms with Crippen LogP contribution < -0.4 is 5.32 Å². The first-order valence-corrected chi connectivity index (χ1v) is 6.52. The number of hydrogen-bond donors (Lipinski definition) is 2. The van der Waals surface area contributed by atoms with Crippen molar-refractivity contribution < 1.29 is 19.1 Å². The van der Waals surface area contributed by atoms with Gasteiger partial charge >= 0.3 is 5.97 Å². The standard InChI is InChI=1S/C15H15FN2O3/c1-2-7-18-8-3-4-13(18)14(19)17-12-9-10(16)5-6-11(12)15(20)21/h3-6,8-9H,2,7H2,1H3,(H,17,19)(H,20,21). The molecule has 0 aliphatic rings. The van der Waals surface area contributed by atoms with Crippen molar-refractivity contribution >= 4 is 17.6 Å². The first kappa shape index (κ1) is 14.8. The molecular weight excluding hydrogens is 275 g/mol. The summed E-state index contributed by atoms with van der Waals surface area (Å²) < 4.78 is 15.0. The van der Waals surface area contributed by atoms with Gasteiger partial charge in [-0.1, -0.05) is 6.92 Å². The summed E-state index contributed by atoms with van der Waals surface area (Å²) in [6, 6.07) is 6.52. The third kappa shape index (κ3) is 3.28. The molecule has 0 radical (unpaired) electrons. The minimum Gasteiger partial charge on any atom is -0.478 e. The molecule has 0 aliphatic heterocycles. The number of benzene rings is 1. The molecule has 1 amide bonds. The summed E-state index contributed by atoms with van der Waals surface area (Å²) >= 11 is 0. The second kappa shape index (κ2) is 6.21. The van der Waals surface area contributed by atoms with Crippen LogP contribution in [0.25, 0.3) is 0 Å². The number of halogens is 1. The largest absolute Gasteiger partial charge is 0.478 e. The summed E-state index contributed by atoms with van der Waals surface area (Å²) in [5.74, 6) is -2.31. The van der Waals surface area contributed by atoms with Crippen LogP contribution in [0.15, 0.2) is 36.5 Å². The van der Waals surface area contributed by atoms with Gasteiger partial charge in [-0.05, 0) is 36.8 Å². The van der Waals surface area contributed by atoms with Crippen molar-refractivity contribution in [2.45, 2.75) is 19.9 Å². The molecule has 0 saturated carbocycles. The van der Waals surface area contributed by atoms with E-state index in [9.17, 15) is 14.0 Å². The molecule has 21 heavy (non-hydrogen) atoms. The highest BCUT2D eigenvalue weighted by molar-refractivity contribution is 6.07. The smallest absolute Gasteiger partial charge is 0.337 e. The number of carbonyl (C=O) groups excluding carboxylic acids is 1. The lowest BCUT2D eigenvalue weighted by Gasteiger charge is -2.11. The van der Waals surface area contributed by atoms with Crippen LogP contribution in [-0.2, 0) is 6.54 Å². The summed E-state index contributed by atoms with van der Waals surface area (Å²) in [7, 11) is 0. The Morgan fingerprint density at radius 3 is 2.76 bits per heavy atom. The van der Waals surface area contributed by atoms with Crippen molar-refractivity contribution in [3.05, 3.63) is 53.6 Å². The molecular formula is C15H15FN2O3. The van der Waals surface area contributed by atoms with Crippen molar-refractivity contribution in [3.63, 3.8) is 0 Å². The molecule has 1 heterocycles. The maximum absolute atomic E-state index is 13.3. The van der Waals surface area contributed by atoms with Crippen LogP contribution in [0.1, 0.15) is 34.2 Å². The number of aryl methyl sites for hydroxylation is 1. The van der Waals surface area contributed by atoms with Crippen molar-refractivity contribution in [2.75, 3.05) is 5.32 Å². The summed E-state index contributed by atoms with van der Waals surface area (Å²) in [5.41, 5.74) is 0.188. The van der Waals surface area contributed by atoms with Gasteiger partial charge in [-0.2, -0.15) is 0 Å². The number of hydrogen-bond acceptors (Lipinski definition) is 2. The lowest BCUT2D eigenvalue weighted by molar-refractivity contribution is 0.0698. The molecule has 0 aliphatic carbocycles. The second-order valence-electron chi connectivity index (χ2n) is 4.54. The highest BCUT2D eigenvalue weighted by atomic mass is 19.1. The third-order valence-corrected chi connectivity index (χ3v) is 2.99. The summed E-state index contributed by atoms with van der Waals surface area (Å²) in [6.45, 7) is 2.65. The molecule has 110 valence electrons. The predicted octanol–water partition coefficient (Wildman–Crippen LogP) is 2.99. The first-order valence-electron chi connectivity index (χ1n) is 6.52. The van der Waals surface area contributed by atoms with Crippen LogP contribution in [0.4, 0.5) is 10.1 Å². The maximum Gasteiger partial charge on any atom is 0.337 e. The van der Waals surface area contributed by atoms with Crippen LogP contribution in [0.2, 0.25) is 0 Å². The Morgan fingerprint density at radius 2 is 2.10 bits per heavy atom. The van der Waals surface area contributed by atoms with Gasteiger partial charge in [-0.25, -0.2) is 9.18 Å². The van der Waals surface area contributed by atoms with Gasteiger partial charge in [0.15, 0.2) is 0 Å². The fourth-order valence-electron chi connectivity index (χ4n) is 2.05. The Labute approximate surface area is 121 Å². The molecule has 0 spiro atoms. The van der Waals surface area contributed by atoms with E-state index in [0.717, 1.165) is 24.6 Å². The fraction of sp³-hybridized carbons (Fsp3) is 0.200. The predicted molar refractivity (Wildman–Crippen MR) is 76.0 cm³/mol. The van der Waals surface area contributed by atoms with Crippen molar-refractivity contribution in [1.82, 2.24) is 4.57 Å². The van der Waals surface area contributed by atoms with E-state index < -0.39 is 17.7 Å². The van der Waals surface area contributed by atoms with E-state index in [1.54, 1.807) is 22.9 Å². The van der Waals surface area contributed by atoms with Gasteiger partial charge in [0.1, 0.15) is 11.5 Å². The maximum atomic E-state index is 13.3.